The van der Waals surface area contributed by atoms with Crippen LogP contribution in [0.2, 0.25) is 10.0 Å². The van der Waals surface area contributed by atoms with Crippen molar-refractivity contribution in [2.24, 2.45) is 0 Å². The summed E-state index contributed by atoms with van der Waals surface area (Å²) in [6, 6.07) is 17.1. The van der Waals surface area contributed by atoms with Gasteiger partial charge in [-0.3, -0.25) is 4.79 Å². The first kappa shape index (κ1) is 21.0. The highest BCUT2D eigenvalue weighted by Crippen LogP contribution is 2.25. The number of aryl methyl sites for hydroxylation is 2. The topological polar surface area (TPSA) is 43.6 Å². The Morgan fingerprint density at radius 3 is 2.62 bits per heavy atom. The summed E-state index contributed by atoms with van der Waals surface area (Å²) >= 11 is 13.5. The number of halogens is 2. The lowest BCUT2D eigenvalue weighted by Crippen LogP contribution is -2.22. The average Bonchev–Trinajstić information content (AvgIpc) is 3.26. The second-order valence-electron chi connectivity index (χ2n) is 7.65. The molecule has 0 N–H and O–H groups in total. The zero-order chi connectivity index (χ0) is 22.4. The molecule has 0 atom stereocenters. The van der Waals surface area contributed by atoms with Crippen LogP contribution in [0.5, 0.6) is 5.75 Å². The summed E-state index contributed by atoms with van der Waals surface area (Å²) in [6.07, 6.45) is 1.86. The van der Waals surface area contributed by atoms with Gasteiger partial charge in [0.1, 0.15) is 12.4 Å². The lowest BCUT2D eigenvalue weighted by atomic mass is 10.1. The Kier molecular flexibility index (Phi) is 5.41. The summed E-state index contributed by atoms with van der Waals surface area (Å²) < 4.78 is 8.33. The molecule has 0 amide bonds. The molecule has 0 spiro atoms. The van der Waals surface area contributed by atoms with Crippen LogP contribution in [0.1, 0.15) is 22.3 Å². The zero-order valence-corrected chi connectivity index (χ0v) is 19.7. The Labute approximate surface area is 198 Å². The van der Waals surface area contributed by atoms with Crippen LogP contribution in [-0.2, 0) is 6.61 Å². The summed E-state index contributed by atoms with van der Waals surface area (Å²) in [4.78, 5) is 18.5. The van der Waals surface area contributed by atoms with Gasteiger partial charge in [-0.1, -0.05) is 58.8 Å². The quantitative estimate of drug-likeness (QED) is 0.318. The van der Waals surface area contributed by atoms with E-state index in [2.05, 4.69) is 11.9 Å². The summed E-state index contributed by atoms with van der Waals surface area (Å²) in [7, 11) is 0. The number of thiazole rings is 1. The average molecular weight is 481 g/mol. The first-order valence-corrected chi connectivity index (χ1v) is 11.6. The molecule has 0 radical (unpaired) electrons. The molecule has 0 aliphatic heterocycles. The highest BCUT2D eigenvalue weighted by atomic mass is 35.5. The van der Waals surface area contributed by atoms with Crippen molar-refractivity contribution in [3.05, 3.63) is 102 Å². The maximum Gasteiger partial charge on any atom is 0.274 e. The van der Waals surface area contributed by atoms with E-state index in [1.165, 1.54) is 11.3 Å². The van der Waals surface area contributed by atoms with E-state index in [0.717, 1.165) is 33.3 Å². The van der Waals surface area contributed by atoms with Gasteiger partial charge in [0.2, 0.25) is 0 Å². The number of hydrogen-bond donors (Lipinski definition) is 0. The van der Waals surface area contributed by atoms with E-state index in [9.17, 15) is 4.79 Å². The van der Waals surface area contributed by atoms with Gasteiger partial charge in [-0.2, -0.15) is 0 Å². The first-order chi connectivity index (χ1) is 15.4. The van der Waals surface area contributed by atoms with E-state index in [0.29, 0.717) is 31.9 Å². The molecule has 0 aliphatic carbocycles. The minimum Gasteiger partial charge on any atom is -0.488 e. The van der Waals surface area contributed by atoms with Crippen LogP contribution in [0.15, 0.2) is 59.4 Å². The van der Waals surface area contributed by atoms with Gasteiger partial charge in [-0.15, -0.1) is 0 Å². The van der Waals surface area contributed by atoms with Crippen molar-refractivity contribution in [1.82, 2.24) is 9.38 Å². The number of fused-ring (bicyclic) bond motifs is 3. The number of rotatable bonds is 4. The molecule has 0 saturated carbocycles. The Bertz CT molecular complexity index is 1600. The standard InChI is InChI=1S/C25H18Cl2N2O2S/c1-14-9-20-21(10-15(14)2)29-24(30)23(32-25(29)28-20)12-17-5-3-4-6-22(17)31-13-16-7-8-18(26)19(27)11-16/h3-12H,13H2,1-2H3/b23-12-. The fraction of sp³-hybridized carbons (Fsp3) is 0.120. The smallest absolute Gasteiger partial charge is 0.274 e. The summed E-state index contributed by atoms with van der Waals surface area (Å²) in [5.41, 5.74) is 5.64. The fourth-order valence-corrected chi connectivity index (χ4v) is 4.88. The van der Waals surface area contributed by atoms with Crippen LogP contribution in [-0.4, -0.2) is 9.38 Å². The minimum atomic E-state index is -0.0740. The summed E-state index contributed by atoms with van der Waals surface area (Å²) in [6.45, 7) is 4.43. The molecule has 32 heavy (non-hydrogen) atoms. The SMILES string of the molecule is Cc1cc2nc3s/c(=C\c4ccccc4OCc4ccc(Cl)c(Cl)c4)c(=O)n3c2cc1C. The molecule has 0 unspecified atom stereocenters. The summed E-state index contributed by atoms with van der Waals surface area (Å²) in [5, 5.41) is 0.996. The molecular formula is C25H18Cl2N2O2S. The lowest BCUT2D eigenvalue weighted by molar-refractivity contribution is 0.305. The molecule has 0 aliphatic rings. The van der Waals surface area contributed by atoms with Crippen LogP contribution >= 0.6 is 34.5 Å². The molecule has 4 nitrogen and oxygen atoms in total. The van der Waals surface area contributed by atoms with Crippen molar-refractivity contribution >= 4 is 56.6 Å². The van der Waals surface area contributed by atoms with Crippen LogP contribution in [0, 0.1) is 13.8 Å². The molecule has 2 aromatic heterocycles. The Hall–Kier alpha value is -2.86. The maximum absolute atomic E-state index is 13.2. The number of nitrogens with zero attached hydrogens (tertiary/aromatic N) is 2. The predicted molar refractivity (Wildman–Crippen MR) is 132 cm³/mol. The first-order valence-electron chi connectivity index (χ1n) is 10.0. The van der Waals surface area contributed by atoms with E-state index in [1.807, 2.05) is 55.5 Å². The molecular weight excluding hydrogens is 463 g/mol. The van der Waals surface area contributed by atoms with Crippen molar-refractivity contribution in [3.8, 4) is 5.75 Å². The van der Waals surface area contributed by atoms with E-state index in [4.69, 9.17) is 27.9 Å². The molecule has 160 valence electrons. The van der Waals surface area contributed by atoms with Crippen molar-refractivity contribution in [2.75, 3.05) is 0 Å². The molecule has 3 aromatic carbocycles. The van der Waals surface area contributed by atoms with Crippen LogP contribution in [0.4, 0.5) is 0 Å². The number of imidazole rings is 1. The normalized spacial score (nSPS) is 12.2. The largest absolute Gasteiger partial charge is 0.488 e. The van der Waals surface area contributed by atoms with Crippen LogP contribution < -0.4 is 14.8 Å². The third-order valence-corrected chi connectivity index (χ3v) is 7.15. The Morgan fingerprint density at radius 1 is 1.03 bits per heavy atom. The number of benzene rings is 3. The fourth-order valence-electron chi connectivity index (χ4n) is 3.58. The van der Waals surface area contributed by atoms with Gasteiger partial charge in [0.05, 0.1) is 25.6 Å². The third kappa shape index (κ3) is 3.77. The second kappa shape index (κ2) is 8.24. The number of aromatic nitrogens is 2. The minimum absolute atomic E-state index is 0.0740. The number of ether oxygens (including phenoxy) is 1. The third-order valence-electron chi connectivity index (χ3n) is 5.44. The molecule has 5 aromatic rings. The van der Waals surface area contributed by atoms with Gasteiger partial charge in [0.25, 0.3) is 5.56 Å². The van der Waals surface area contributed by atoms with Crippen LogP contribution in [0.25, 0.3) is 22.1 Å². The van der Waals surface area contributed by atoms with Crippen molar-refractivity contribution in [1.29, 1.82) is 0 Å². The Balaban J connectivity index is 1.54. The van der Waals surface area contributed by atoms with Gasteiger partial charge in [0, 0.05) is 5.56 Å². The van der Waals surface area contributed by atoms with E-state index in [-0.39, 0.29) is 5.56 Å². The maximum atomic E-state index is 13.2. The van der Waals surface area contributed by atoms with Crippen molar-refractivity contribution < 1.29 is 4.74 Å². The highest BCUT2D eigenvalue weighted by molar-refractivity contribution is 7.15. The van der Waals surface area contributed by atoms with E-state index < -0.39 is 0 Å². The second-order valence-corrected chi connectivity index (χ2v) is 9.47. The summed E-state index contributed by atoms with van der Waals surface area (Å²) in [5.74, 6) is 0.681. The molecule has 0 saturated heterocycles. The van der Waals surface area contributed by atoms with Crippen molar-refractivity contribution in [3.63, 3.8) is 0 Å². The molecule has 5 rings (SSSR count). The Morgan fingerprint density at radius 2 is 1.81 bits per heavy atom. The van der Waals surface area contributed by atoms with Gasteiger partial charge in [0.15, 0.2) is 4.96 Å². The van der Waals surface area contributed by atoms with Gasteiger partial charge >= 0.3 is 0 Å². The predicted octanol–water partition coefficient (Wildman–Crippen LogP) is 5.96. The molecule has 7 heteroatoms. The highest BCUT2D eigenvalue weighted by Gasteiger charge is 2.13. The monoisotopic (exact) mass is 480 g/mol. The lowest BCUT2D eigenvalue weighted by Gasteiger charge is -2.09. The molecule has 0 bridgehead atoms. The molecule has 2 heterocycles. The van der Waals surface area contributed by atoms with E-state index in [1.54, 1.807) is 16.5 Å². The van der Waals surface area contributed by atoms with E-state index >= 15 is 0 Å². The van der Waals surface area contributed by atoms with Gasteiger partial charge < -0.3 is 4.74 Å². The van der Waals surface area contributed by atoms with Crippen LogP contribution in [0.3, 0.4) is 0 Å². The van der Waals surface area contributed by atoms with Gasteiger partial charge in [-0.25, -0.2) is 9.38 Å². The zero-order valence-electron chi connectivity index (χ0n) is 17.4. The van der Waals surface area contributed by atoms with Crippen molar-refractivity contribution in [2.45, 2.75) is 20.5 Å². The number of hydrogen-bond acceptors (Lipinski definition) is 4. The molecule has 0 fully saturated rings. The van der Waals surface area contributed by atoms with Gasteiger partial charge in [-0.05, 0) is 66.9 Å². The number of para-hydroxylation sites is 1.